The van der Waals surface area contributed by atoms with Crippen LogP contribution < -0.4 is 0 Å². The predicted molar refractivity (Wildman–Crippen MR) is 43.2 cm³/mol. The van der Waals surface area contributed by atoms with Crippen molar-refractivity contribution >= 4 is 126 Å². The first-order valence-corrected chi connectivity index (χ1v) is 0. The number of rotatable bonds is 0. The van der Waals surface area contributed by atoms with Gasteiger partial charge in [0.25, 0.3) is 0 Å². The Kier molecular flexibility index (Phi) is 405. The average molecular weight is 378 g/mol. The molecule has 1 radical (unpaired) electrons. The molecular formula is H6AuCl3Na3. The topological polar surface area (TPSA) is 0 Å². The van der Waals surface area contributed by atoms with Gasteiger partial charge in [0.2, 0.25) is 0 Å². The Labute approximate surface area is 145 Å². The molecule has 0 fully saturated rings. The van der Waals surface area contributed by atoms with Crippen molar-refractivity contribution in [3.05, 3.63) is 0 Å². The second-order valence-corrected chi connectivity index (χ2v) is 0. The van der Waals surface area contributed by atoms with Crippen molar-refractivity contribution < 1.29 is 22.4 Å². The van der Waals surface area contributed by atoms with E-state index in [2.05, 4.69) is 0 Å². The fourth-order valence-corrected chi connectivity index (χ4v) is 0. The van der Waals surface area contributed by atoms with Gasteiger partial charge in [-0.2, -0.15) is 0 Å². The van der Waals surface area contributed by atoms with Crippen molar-refractivity contribution in [2.75, 3.05) is 0 Å². The van der Waals surface area contributed by atoms with Gasteiger partial charge in [-0.25, -0.2) is 0 Å². The van der Waals surface area contributed by atoms with Gasteiger partial charge < -0.3 is 0 Å². The first-order valence-electron chi connectivity index (χ1n) is 0. The van der Waals surface area contributed by atoms with Crippen LogP contribution in [-0.2, 0) is 22.4 Å². The molecule has 0 atom stereocenters. The Bertz CT molecular complexity index is 10.1. The summed E-state index contributed by atoms with van der Waals surface area (Å²) in [6.45, 7) is 0. The van der Waals surface area contributed by atoms with Gasteiger partial charge in [-0.1, -0.05) is 0 Å². The van der Waals surface area contributed by atoms with Crippen molar-refractivity contribution in [1.29, 1.82) is 0 Å². The number of hydrogen-bond donors (Lipinski definition) is 0. The number of hydrogen-bond acceptors (Lipinski definition) is 0. The van der Waals surface area contributed by atoms with E-state index in [4.69, 9.17) is 0 Å². The molecule has 41 valence electrons. The Morgan fingerprint density at radius 3 is 0.429 bits per heavy atom. The van der Waals surface area contributed by atoms with E-state index < -0.39 is 0 Å². The zero-order valence-corrected chi connectivity index (χ0v) is 6.14. The molecule has 0 aromatic rings. The third-order valence-corrected chi connectivity index (χ3v) is 0. The van der Waals surface area contributed by atoms with Gasteiger partial charge in [0, 0.05) is 22.4 Å². The van der Waals surface area contributed by atoms with E-state index >= 15 is 0 Å². The molecule has 0 nitrogen and oxygen atoms in total. The van der Waals surface area contributed by atoms with Crippen molar-refractivity contribution in [3.63, 3.8) is 0 Å². The summed E-state index contributed by atoms with van der Waals surface area (Å²) in [4.78, 5) is 0. The third-order valence-electron chi connectivity index (χ3n) is 0. The first-order chi connectivity index (χ1) is 0. The van der Waals surface area contributed by atoms with Gasteiger partial charge in [-0.05, 0) is 0 Å². The van der Waals surface area contributed by atoms with E-state index in [0.717, 1.165) is 0 Å². The second-order valence-electron chi connectivity index (χ2n) is 0. The van der Waals surface area contributed by atoms with Gasteiger partial charge in [-0.3, -0.25) is 0 Å². The molecule has 0 saturated heterocycles. The average Bonchev–Trinajstić information content (AvgIpc) is 0. The molecule has 0 saturated carbocycles. The molecule has 0 aliphatic carbocycles. The van der Waals surface area contributed by atoms with Crippen molar-refractivity contribution in [1.82, 2.24) is 0 Å². The summed E-state index contributed by atoms with van der Waals surface area (Å²) in [6.07, 6.45) is 0. The van der Waals surface area contributed by atoms with Crippen molar-refractivity contribution in [2.45, 2.75) is 0 Å². The standard InChI is InChI=1S/Au.3ClH.3Na.3H/h;3*1H;;;;;;. The normalized spacial score (nSPS) is 0. The van der Waals surface area contributed by atoms with Crippen molar-refractivity contribution in [2.24, 2.45) is 0 Å². The van der Waals surface area contributed by atoms with E-state index in [1.807, 2.05) is 0 Å². The fraction of sp³-hybridized carbons (Fsp3) is 0. The van der Waals surface area contributed by atoms with Crippen LogP contribution in [0.2, 0.25) is 0 Å². The van der Waals surface area contributed by atoms with Crippen LogP contribution in [0.3, 0.4) is 0 Å². The minimum atomic E-state index is 0. The summed E-state index contributed by atoms with van der Waals surface area (Å²) in [5.41, 5.74) is 0. The summed E-state index contributed by atoms with van der Waals surface area (Å²) in [6, 6.07) is 0. The van der Waals surface area contributed by atoms with Gasteiger partial charge in [0.15, 0.2) is 0 Å². The summed E-state index contributed by atoms with van der Waals surface area (Å²) < 4.78 is 0. The Hall–Kier alpha value is 4.61. The predicted octanol–water partition coefficient (Wildman–Crippen LogP) is -0.683. The quantitative estimate of drug-likeness (QED) is 0.490. The summed E-state index contributed by atoms with van der Waals surface area (Å²) >= 11 is 0. The van der Waals surface area contributed by atoms with Crippen LogP contribution in [0.15, 0.2) is 0 Å². The second kappa shape index (κ2) is 46.1. The maximum atomic E-state index is 0. The van der Waals surface area contributed by atoms with E-state index in [0.29, 0.717) is 0 Å². The van der Waals surface area contributed by atoms with Crippen LogP contribution in [0.25, 0.3) is 0 Å². The first kappa shape index (κ1) is 61.5. The zero-order valence-electron chi connectivity index (χ0n) is 1.53. The number of halogens is 3. The van der Waals surface area contributed by atoms with Gasteiger partial charge in [0.1, 0.15) is 0 Å². The SMILES string of the molecule is Cl.Cl.Cl.[Au].[NaH].[NaH].[NaH]. The minimum absolute atomic E-state index is 0. The summed E-state index contributed by atoms with van der Waals surface area (Å²) in [7, 11) is 0. The monoisotopic (exact) mass is 377 g/mol. The molecule has 0 aliphatic rings. The Morgan fingerprint density at radius 2 is 0.429 bits per heavy atom. The molecule has 0 spiro atoms. The molecule has 0 aromatic carbocycles. The van der Waals surface area contributed by atoms with Crippen molar-refractivity contribution in [3.8, 4) is 0 Å². The van der Waals surface area contributed by atoms with Crippen LogP contribution in [0.5, 0.6) is 0 Å². The molecule has 0 aliphatic heterocycles. The summed E-state index contributed by atoms with van der Waals surface area (Å²) in [5, 5.41) is 0. The zero-order chi connectivity index (χ0) is 0. The molecule has 0 amide bonds. The van der Waals surface area contributed by atoms with Crippen LogP contribution in [-0.4, -0.2) is 88.7 Å². The molecule has 7 heteroatoms. The molecule has 0 rings (SSSR count). The Morgan fingerprint density at radius 1 is 0.429 bits per heavy atom. The van der Waals surface area contributed by atoms with E-state index in [1.54, 1.807) is 0 Å². The molecule has 0 aromatic heterocycles. The van der Waals surface area contributed by atoms with E-state index in [-0.39, 0.29) is 148 Å². The van der Waals surface area contributed by atoms with Gasteiger partial charge in [-0.15, -0.1) is 37.2 Å². The van der Waals surface area contributed by atoms with Crippen LogP contribution >= 0.6 is 37.2 Å². The van der Waals surface area contributed by atoms with E-state index in [9.17, 15) is 0 Å². The molecule has 7 heavy (non-hydrogen) atoms. The fourth-order valence-electron chi connectivity index (χ4n) is 0. The Balaban J connectivity index is 0. The van der Waals surface area contributed by atoms with Crippen LogP contribution in [0.1, 0.15) is 0 Å². The summed E-state index contributed by atoms with van der Waals surface area (Å²) in [5.74, 6) is 0. The van der Waals surface area contributed by atoms with Gasteiger partial charge >= 0.3 is 88.7 Å². The molecule has 0 N–H and O–H groups in total. The van der Waals surface area contributed by atoms with Gasteiger partial charge in [0.05, 0.1) is 0 Å². The maximum absolute atomic E-state index is 0. The van der Waals surface area contributed by atoms with Crippen LogP contribution in [0, 0.1) is 0 Å². The molecule has 0 heterocycles. The van der Waals surface area contributed by atoms with E-state index in [1.165, 1.54) is 0 Å². The molecule has 0 bridgehead atoms. The van der Waals surface area contributed by atoms with Crippen LogP contribution in [0.4, 0.5) is 0 Å². The molecular weight excluding hydrogens is 372 g/mol. The molecule has 0 unspecified atom stereocenters. The third kappa shape index (κ3) is 37.0.